The molecule has 0 aliphatic heterocycles. The molecule has 1 aromatic carbocycles. The van der Waals surface area contributed by atoms with Gasteiger partial charge in [-0.15, -0.1) is 12.4 Å². The molecule has 1 atom stereocenters. The highest BCUT2D eigenvalue weighted by atomic mass is 35.5. The normalized spacial score (nSPS) is 11.2. The summed E-state index contributed by atoms with van der Waals surface area (Å²) in [7, 11) is 2.98. The fourth-order valence-corrected chi connectivity index (χ4v) is 1.44. The van der Waals surface area contributed by atoms with E-state index in [0.29, 0.717) is 22.2 Å². The first-order valence-corrected chi connectivity index (χ1v) is 5.35. The van der Waals surface area contributed by atoms with Gasteiger partial charge < -0.3 is 20.5 Å². The van der Waals surface area contributed by atoms with E-state index < -0.39 is 6.04 Å². The highest BCUT2D eigenvalue weighted by Crippen LogP contribution is 2.35. The maximum Gasteiger partial charge on any atom is 0.241 e. The second-order valence-electron chi connectivity index (χ2n) is 3.46. The summed E-state index contributed by atoms with van der Waals surface area (Å²) in [6, 6.07) is 2.54. The Morgan fingerprint density at radius 2 is 1.89 bits per heavy atom. The van der Waals surface area contributed by atoms with Crippen molar-refractivity contribution in [3.63, 3.8) is 0 Å². The molecule has 0 bridgehead atoms. The average Bonchev–Trinajstić information content (AvgIpc) is 2.30. The summed E-state index contributed by atoms with van der Waals surface area (Å²) in [6.45, 7) is 1.59. The number of halogens is 2. The van der Waals surface area contributed by atoms with Crippen LogP contribution in [0.3, 0.4) is 0 Å². The van der Waals surface area contributed by atoms with Gasteiger partial charge in [-0.25, -0.2) is 0 Å². The summed E-state index contributed by atoms with van der Waals surface area (Å²) in [5.74, 6) is 0.588. The van der Waals surface area contributed by atoms with Crippen LogP contribution in [0.4, 0.5) is 5.69 Å². The van der Waals surface area contributed by atoms with Gasteiger partial charge in [0.05, 0.1) is 31.0 Å². The molecule has 0 saturated carbocycles. The van der Waals surface area contributed by atoms with Crippen molar-refractivity contribution in [3.8, 4) is 11.5 Å². The third kappa shape index (κ3) is 3.94. The number of nitrogens with one attached hydrogen (secondary N) is 1. The van der Waals surface area contributed by atoms with Crippen molar-refractivity contribution >= 4 is 35.6 Å². The van der Waals surface area contributed by atoms with Crippen molar-refractivity contribution in [2.75, 3.05) is 19.5 Å². The number of carbonyl (C=O) groups is 1. The Bertz CT molecular complexity index is 425. The number of hydrogen-bond donors (Lipinski definition) is 2. The average molecular weight is 295 g/mol. The molecule has 1 amide bonds. The van der Waals surface area contributed by atoms with E-state index in [1.54, 1.807) is 19.1 Å². The standard InChI is InChI=1S/C11H15ClN2O3.ClH/c1-6(13)11(15)14-8-5-9(16-2)7(12)4-10(8)17-3;/h4-6H,13H2,1-3H3,(H,14,15);1H/t6-;/m0./s1. The van der Waals surface area contributed by atoms with E-state index >= 15 is 0 Å². The molecule has 0 saturated heterocycles. The molecular weight excluding hydrogens is 279 g/mol. The lowest BCUT2D eigenvalue weighted by atomic mass is 10.2. The lowest BCUT2D eigenvalue weighted by Crippen LogP contribution is -2.32. The van der Waals surface area contributed by atoms with Crippen LogP contribution in [0.5, 0.6) is 11.5 Å². The first-order valence-electron chi connectivity index (χ1n) is 4.97. The minimum atomic E-state index is -0.610. The van der Waals surface area contributed by atoms with Crippen molar-refractivity contribution in [1.82, 2.24) is 0 Å². The molecule has 102 valence electrons. The third-order valence-electron chi connectivity index (χ3n) is 2.15. The van der Waals surface area contributed by atoms with E-state index in [2.05, 4.69) is 5.32 Å². The Balaban J connectivity index is 0.00000289. The highest BCUT2D eigenvalue weighted by Gasteiger charge is 2.14. The van der Waals surface area contributed by atoms with E-state index in [0.717, 1.165) is 0 Å². The zero-order valence-corrected chi connectivity index (χ0v) is 11.9. The van der Waals surface area contributed by atoms with E-state index in [9.17, 15) is 4.79 Å². The van der Waals surface area contributed by atoms with Gasteiger partial charge in [0.15, 0.2) is 0 Å². The Hall–Kier alpha value is -1.17. The fourth-order valence-electron chi connectivity index (χ4n) is 1.20. The van der Waals surface area contributed by atoms with Gasteiger partial charge in [0.25, 0.3) is 0 Å². The maximum atomic E-state index is 11.5. The predicted molar refractivity (Wildman–Crippen MR) is 74.1 cm³/mol. The summed E-state index contributed by atoms with van der Waals surface area (Å²) in [5, 5.41) is 3.04. The second-order valence-corrected chi connectivity index (χ2v) is 3.87. The molecule has 0 fully saturated rings. The van der Waals surface area contributed by atoms with Crippen LogP contribution in [0.1, 0.15) is 6.92 Å². The Morgan fingerprint density at radius 3 is 2.33 bits per heavy atom. The summed E-state index contributed by atoms with van der Waals surface area (Å²) in [6.07, 6.45) is 0. The van der Waals surface area contributed by atoms with Crippen molar-refractivity contribution in [1.29, 1.82) is 0 Å². The minimum absolute atomic E-state index is 0. The van der Waals surface area contributed by atoms with Crippen molar-refractivity contribution in [2.24, 2.45) is 5.73 Å². The summed E-state index contributed by atoms with van der Waals surface area (Å²) in [5.41, 5.74) is 5.93. The smallest absolute Gasteiger partial charge is 0.241 e. The van der Waals surface area contributed by atoms with E-state index in [1.807, 2.05) is 0 Å². The predicted octanol–water partition coefficient (Wildman–Crippen LogP) is 2.06. The monoisotopic (exact) mass is 294 g/mol. The van der Waals surface area contributed by atoms with Crippen LogP contribution >= 0.6 is 24.0 Å². The summed E-state index contributed by atoms with van der Waals surface area (Å²) in [4.78, 5) is 11.5. The third-order valence-corrected chi connectivity index (χ3v) is 2.44. The number of ether oxygens (including phenoxy) is 2. The van der Waals surface area contributed by atoms with Gasteiger partial charge >= 0.3 is 0 Å². The Labute approximate surface area is 117 Å². The molecule has 5 nitrogen and oxygen atoms in total. The fraction of sp³-hybridized carbons (Fsp3) is 0.364. The number of anilines is 1. The van der Waals surface area contributed by atoms with Crippen LogP contribution in [0.25, 0.3) is 0 Å². The number of carbonyl (C=O) groups excluding carboxylic acids is 1. The van der Waals surface area contributed by atoms with Crippen LogP contribution in [0.15, 0.2) is 12.1 Å². The van der Waals surface area contributed by atoms with Gasteiger partial charge in [0, 0.05) is 12.1 Å². The molecular formula is C11H16Cl2N2O3. The quantitative estimate of drug-likeness (QED) is 0.891. The van der Waals surface area contributed by atoms with Gasteiger partial charge in [-0.1, -0.05) is 11.6 Å². The van der Waals surface area contributed by atoms with Crippen LogP contribution in [-0.4, -0.2) is 26.2 Å². The first-order chi connectivity index (χ1) is 7.99. The summed E-state index contributed by atoms with van der Waals surface area (Å²) < 4.78 is 10.2. The zero-order chi connectivity index (χ0) is 13.0. The molecule has 1 aromatic rings. The summed E-state index contributed by atoms with van der Waals surface area (Å²) >= 11 is 5.94. The van der Waals surface area contributed by atoms with E-state index in [-0.39, 0.29) is 18.3 Å². The van der Waals surface area contributed by atoms with Crippen molar-refractivity contribution < 1.29 is 14.3 Å². The van der Waals surface area contributed by atoms with E-state index in [4.69, 9.17) is 26.8 Å². The topological polar surface area (TPSA) is 73.6 Å². The van der Waals surface area contributed by atoms with Crippen LogP contribution < -0.4 is 20.5 Å². The van der Waals surface area contributed by atoms with Gasteiger partial charge in [0.1, 0.15) is 11.5 Å². The number of rotatable bonds is 4. The first kappa shape index (κ1) is 16.8. The largest absolute Gasteiger partial charge is 0.495 e. The molecule has 0 aliphatic carbocycles. The van der Waals surface area contributed by atoms with Crippen molar-refractivity contribution in [3.05, 3.63) is 17.2 Å². The van der Waals surface area contributed by atoms with Crippen molar-refractivity contribution in [2.45, 2.75) is 13.0 Å². The molecule has 18 heavy (non-hydrogen) atoms. The molecule has 0 aliphatic rings. The molecule has 1 rings (SSSR count). The number of methoxy groups -OCH3 is 2. The van der Waals surface area contributed by atoms with Crippen LogP contribution in [0, 0.1) is 0 Å². The van der Waals surface area contributed by atoms with E-state index in [1.165, 1.54) is 14.2 Å². The highest BCUT2D eigenvalue weighted by molar-refractivity contribution is 6.32. The lowest BCUT2D eigenvalue weighted by Gasteiger charge is -2.14. The lowest BCUT2D eigenvalue weighted by molar-refractivity contribution is -0.117. The van der Waals surface area contributed by atoms with Gasteiger partial charge in [-0.05, 0) is 6.92 Å². The SMILES string of the molecule is COc1cc(NC(=O)[C@H](C)N)c(OC)cc1Cl.Cl. The molecule has 7 heteroatoms. The molecule has 0 unspecified atom stereocenters. The number of hydrogen-bond acceptors (Lipinski definition) is 4. The molecule has 0 heterocycles. The Kier molecular flexibility index (Phi) is 6.83. The Morgan fingerprint density at radius 1 is 1.33 bits per heavy atom. The van der Waals surface area contributed by atoms with Gasteiger partial charge in [-0.2, -0.15) is 0 Å². The maximum absolute atomic E-state index is 11.5. The van der Waals surface area contributed by atoms with Crippen LogP contribution in [-0.2, 0) is 4.79 Å². The number of nitrogens with two attached hydrogens (primary N) is 1. The van der Waals surface area contributed by atoms with Gasteiger partial charge in [-0.3, -0.25) is 4.79 Å². The van der Waals surface area contributed by atoms with Crippen LogP contribution in [0.2, 0.25) is 5.02 Å². The number of amides is 1. The number of benzene rings is 1. The second kappa shape index (κ2) is 7.31. The molecule has 0 aromatic heterocycles. The minimum Gasteiger partial charge on any atom is -0.495 e. The molecule has 0 radical (unpaired) electrons. The molecule has 3 N–H and O–H groups in total. The zero-order valence-electron chi connectivity index (χ0n) is 10.3. The molecule has 0 spiro atoms. The van der Waals surface area contributed by atoms with Gasteiger partial charge in [0.2, 0.25) is 5.91 Å².